The zero-order chi connectivity index (χ0) is 15.8. The van der Waals surface area contributed by atoms with E-state index in [0.717, 1.165) is 16.3 Å². The number of hydrogen-bond donors (Lipinski definition) is 1. The molecule has 0 unspecified atom stereocenters. The molecule has 0 aliphatic carbocycles. The molecule has 0 amide bonds. The third kappa shape index (κ3) is 4.93. The molecule has 1 N–H and O–H groups in total. The van der Waals surface area contributed by atoms with Crippen LogP contribution in [0.4, 0.5) is 5.69 Å². The van der Waals surface area contributed by atoms with Crippen LogP contribution in [0.3, 0.4) is 0 Å². The second-order valence-corrected chi connectivity index (χ2v) is 5.64. The average Bonchev–Trinajstić information content (AvgIpc) is 2.55. The Morgan fingerprint density at radius 1 is 1.23 bits per heavy atom. The largest absolute Gasteiger partial charge is 0.497 e. The molecule has 0 saturated heterocycles. The smallest absolute Gasteiger partial charge is 0.185 e. The molecule has 0 saturated carbocycles. The summed E-state index contributed by atoms with van der Waals surface area (Å²) in [6.45, 7) is 2.03. The number of thioether (sulfide) groups is 1. The van der Waals surface area contributed by atoms with E-state index >= 15 is 0 Å². The summed E-state index contributed by atoms with van der Waals surface area (Å²) in [7, 11) is 1.62. The normalized spacial score (nSPS) is 10.6. The van der Waals surface area contributed by atoms with Crippen LogP contribution < -0.4 is 10.2 Å². The number of nitrogens with one attached hydrogen (secondary N) is 1. The molecule has 0 fully saturated rings. The number of Topliss-reactive ketones (excluding diaryl/α,β-unsaturated/α-hetero) is 1. The number of carbonyl (C=O) groups is 1. The van der Waals surface area contributed by atoms with Crippen molar-refractivity contribution in [2.45, 2.75) is 11.8 Å². The highest BCUT2D eigenvalue weighted by Crippen LogP contribution is 2.21. The van der Waals surface area contributed by atoms with Gasteiger partial charge in [0.2, 0.25) is 0 Å². The minimum Gasteiger partial charge on any atom is -0.497 e. The number of ether oxygens (including phenoxy) is 1. The van der Waals surface area contributed by atoms with Crippen LogP contribution in [0.25, 0.3) is 0 Å². The van der Waals surface area contributed by atoms with Crippen LogP contribution in [0.5, 0.6) is 5.75 Å². The molecular formula is C17H18N2O2S. The predicted molar refractivity (Wildman–Crippen MR) is 92.0 cm³/mol. The summed E-state index contributed by atoms with van der Waals surface area (Å²) in [6, 6.07) is 15.3. The van der Waals surface area contributed by atoms with Gasteiger partial charge in [-0.2, -0.15) is 5.10 Å². The summed E-state index contributed by atoms with van der Waals surface area (Å²) in [5.41, 5.74) is 4.80. The summed E-state index contributed by atoms with van der Waals surface area (Å²) in [4.78, 5) is 12.9. The summed E-state index contributed by atoms with van der Waals surface area (Å²) >= 11 is 1.52. The van der Waals surface area contributed by atoms with Crippen molar-refractivity contribution in [1.29, 1.82) is 0 Å². The van der Waals surface area contributed by atoms with Gasteiger partial charge in [0, 0.05) is 4.90 Å². The summed E-state index contributed by atoms with van der Waals surface area (Å²) in [5.74, 6) is 1.12. The van der Waals surface area contributed by atoms with Gasteiger partial charge in [-0.1, -0.05) is 18.2 Å². The Bertz CT molecular complexity index is 654. The second-order valence-electron chi connectivity index (χ2n) is 4.62. The van der Waals surface area contributed by atoms with E-state index in [1.54, 1.807) is 7.11 Å². The molecule has 0 aliphatic heterocycles. The van der Waals surface area contributed by atoms with Crippen molar-refractivity contribution in [2.75, 3.05) is 18.3 Å². The number of anilines is 1. The van der Waals surface area contributed by atoms with Gasteiger partial charge < -0.3 is 4.74 Å². The van der Waals surface area contributed by atoms with E-state index in [1.807, 2.05) is 55.5 Å². The van der Waals surface area contributed by atoms with Crippen molar-refractivity contribution < 1.29 is 9.53 Å². The van der Waals surface area contributed by atoms with Crippen molar-refractivity contribution in [2.24, 2.45) is 5.10 Å². The molecule has 0 radical (unpaired) electrons. The van der Waals surface area contributed by atoms with Crippen LogP contribution in [0, 0.1) is 6.92 Å². The van der Waals surface area contributed by atoms with Crippen LogP contribution in [0.1, 0.15) is 5.56 Å². The first-order valence-corrected chi connectivity index (χ1v) is 7.82. The number of methoxy groups -OCH3 is 1. The summed E-state index contributed by atoms with van der Waals surface area (Å²) in [5, 5.41) is 3.95. The fourth-order valence-corrected chi connectivity index (χ4v) is 2.59. The SMILES string of the molecule is COc1ccc(NN=CC(=O)CSc2ccccc2C)cc1. The first-order valence-electron chi connectivity index (χ1n) is 6.83. The fourth-order valence-electron chi connectivity index (χ4n) is 1.75. The molecule has 2 aromatic carbocycles. The van der Waals surface area contributed by atoms with Crippen molar-refractivity contribution in [3.63, 3.8) is 0 Å². The quantitative estimate of drug-likeness (QED) is 0.480. The Labute approximate surface area is 134 Å². The van der Waals surface area contributed by atoms with E-state index in [1.165, 1.54) is 23.5 Å². The second kappa shape index (κ2) is 8.24. The Morgan fingerprint density at radius 3 is 2.64 bits per heavy atom. The average molecular weight is 314 g/mol. The van der Waals surface area contributed by atoms with Crippen LogP contribution >= 0.6 is 11.8 Å². The maximum absolute atomic E-state index is 11.8. The molecule has 0 heterocycles. The van der Waals surface area contributed by atoms with Gasteiger partial charge in [-0.05, 0) is 42.8 Å². The number of ketones is 1. The molecule has 22 heavy (non-hydrogen) atoms. The first-order chi connectivity index (χ1) is 10.7. The van der Waals surface area contributed by atoms with Gasteiger partial charge in [-0.15, -0.1) is 11.8 Å². The lowest BCUT2D eigenvalue weighted by atomic mass is 10.2. The van der Waals surface area contributed by atoms with Crippen molar-refractivity contribution in [3.8, 4) is 5.75 Å². The van der Waals surface area contributed by atoms with Crippen molar-refractivity contribution >= 4 is 29.4 Å². The van der Waals surface area contributed by atoms with Gasteiger partial charge in [0.25, 0.3) is 0 Å². The maximum Gasteiger partial charge on any atom is 0.185 e. The zero-order valence-electron chi connectivity index (χ0n) is 12.6. The third-order valence-corrected chi connectivity index (χ3v) is 4.15. The van der Waals surface area contributed by atoms with Crippen LogP contribution in [-0.2, 0) is 4.79 Å². The number of nitrogens with zero attached hydrogens (tertiary/aromatic N) is 1. The highest BCUT2D eigenvalue weighted by atomic mass is 32.2. The number of hydrazone groups is 1. The van der Waals surface area contributed by atoms with E-state index in [2.05, 4.69) is 10.5 Å². The molecule has 4 nitrogen and oxygen atoms in total. The van der Waals surface area contributed by atoms with E-state index in [4.69, 9.17) is 4.74 Å². The summed E-state index contributed by atoms with van der Waals surface area (Å²) < 4.78 is 5.07. The number of hydrogen-bond acceptors (Lipinski definition) is 5. The van der Waals surface area contributed by atoms with Gasteiger partial charge >= 0.3 is 0 Å². The fraction of sp³-hybridized carbons (Fsp3) is 0.176. The lowest BCUT2D eigenvalue weighted by molar-refractivity contribution is -0.110. The van der Waals surface area contributed by atoms with Gasteiger partial charge in [-0.3, -0.25) is 10.2 Å². The van der Waals surface area contributed by atoms with Gasteiger partial charge in [-0.25, -0.2) is 0 Å². The van der Waals surface area contributed by atoms with E-state index in [0.29, 0.717) is 5.75 Å². The number of carbonyl (C=O) groups excluding carboxylic acids is 1. The topological polar surface area (TPSA) is 50.7 Å². The minimum atomic E-state index is -0.0331. The van der Waals surface area contributed by atoms with Gasteiger partial charge in [0.1, 0.15) is 5.75 Å². The molecular weight excluding hydrogens is 296 g/mol. The molecule has 0 bridgehead atoms. The maximum atomic E-state index is 11.8. The van der Waals surface area contributed by atoms with Crippen LogP contribution in [-0.4, -0.2) is 24.9 Å². The molecule has 5 heteroatoms. The van der Waals surface area contributed by atoms with Crippen LogP contribution in [0.15, 0.2) is 58.5 Å². The monoisotopic (exact) mass is 314 g/mol. The van der Waals surface area contributed by atoms with E-state index < -0.39 is 0 Å². The number of rotatable bonds is 7. The highest BCUT2D eigenvalue weighted by Gasteiger charge is 2.02. The lowest BCUT2D eigenvalue weighted by Crippen LogP contribution is -2.04. The Morgan fingerprint density at radius 2 is 1.95 bits per heavy atom. The molecule has 114 valence electrons. The number of benzene rings is 2. The van der Waals surface area contributed by atoms with E-state index in [-0.39, 0.29) is 5.78 Å². The Balaban J connectivity index is 1.80. The van der Waals surface area contributed by atoms with Crippen molar-refractivity contribution in [1.82, 2.24) is 0 Å². The molecule has 2 rings (SSSR count). The molecule has 0 aromatic heterocycles. The van der Waals surface area contributed by atoms with Crippen molar-refractivity contribution in [3.05, 3.63) is 54.1 Å². The lowest BCUT2D eigenvalue weighted by Gasteiger charge is -2.03. The minimum absolute atomic E-state index is 0.0331. The van der Waals surface area contributed by atoms with Gasteiger partial charge in [0.15, 0.2) is 5.78 Å². The summed E-state index contributed by atoms with van der Waals surface area (Å²) in [6.07, 6.45) is 1.31. The van der Waals surface area contributed by atoms with Crippen LogP contribution in [0.2, 0.25) is 0 Å². The third-order valence-electron chi connectivity index (χ3n) is 2.96. The Kier molecular flexibility index (Phi) is 6.03. The zero-order valence-corrected chi connectivity index (χ0v) is 13.4. The van der Waals surface area contributed by atoms with Gasteiger partial charge in [0.05, 0.1) is 24.8 Å². The highest BCUT2D eigenvalue weighted by molar-refractivity contribution is 8.00. The number of aryl methyl sites for hydroxylation is 1. The predicted octanol–water partition coefficient (Wildman–Crippen LogP) is 3.76. The molecule has 2 aromatic rings. The van der Waals surface area contributed by atoms with E-state index in [9.17, 15) is 4.79 Å². The first kappa shape index (κ1) is 16.1. The Hall–Kier alpha value is -2.27. The standard InChI is InChI=1S/C17H18N2O2S/c1-13-5-3-4-6-17(13)22-12-15(20)11-18-19-14-7-9-16(21-2)10-8-14/h3-11,19H,12H2,1-2H3. The molecule has 0 spiro atoms. The molecule has 0 atom stereocenters. The molecule has 0 aliphatic rings.